The van der Waals surface area contributed by atoms with Crippen molar-refractivity contribution in [1.82, 2.24) is 4.90 Å². The van der Waals surface area contributed by atoms with E-state index in [1.807, 2.05) is 0 Å². The second-order valence-corrected chi connectivity index (χ2v) is 11.0. The quantitative estimate of drug-likeness (QED) is 0.410. The Hall–Kier alpha value is -0.590. The largest absolute Gasteiger partial charge is 0.389 e. The van der Waals surface area contributed by atoms with Gasteiger partial charge in [0.25, 0.3) is 6.43 Å². The SMILES string of the molecule is CC(=O)CO.CC1CCN(C2CCC(COCC(F)F)CC2)CC1.CCC(C)C1CCCCC1. The van der Waals surface area contributed by atoms with Gasteiger partial charge in [0.15, 0.2) is 5.78 Å². The molecule has 0 spiro atoms. The Kier molecular flexibility index (Phi) is 17.2. The van der Waals surface area contributed by atoms with Crippen molar-refractivity contribution in [2.75, 3.05) is 32.9 Å². The predicted molar refractivity (Wildman–Crippen MR) is 136 cm³/mol. The number of rotatable bonds is 8. The van der Waals surface area contributed by atoms with Crippen LogP contribution in [0.1, 0.15) is 105 Å². The van der Waals surface area contributed by atoms with Gasteiger partial charge in [-0.1, -0.05) is 59.3 Å². The molecule has 0 amide bonds. The van der Waals surface area contributed by atoms with Gasteiger partial charge in [-0.05, 0) is 82.2 Å². The molecule has 0 aromatic heterocycles. The molecule has 3 aliphatic rings. The second kappa shape index (κ2) is 18.6. The fourth-order valence-corrected chi connectivity index (χ4v) is 5.43. The minimum atomic E-state index is -2.33. The predicted octanol–water partition coefficient (Wildman–Crippen LogP) is 6.74. The van der Waals surface area contributed by atoms with E-state index in [0.717, 1.165) is 36.6 Å². The average molecular weight is 490 g/mol. The topological polar surface area (TPSA) is 49.8 Å². The van der Waals surface area contributed by atoms with E-state index in [1.165, 1.54) is 84.2 Å². The first kappa shape index (κ1) is 31.4. The number of nitrogens with zero attached hydrogens (tertiary/aromatic N) is 1. The van der Waals surface area contributed by atoms with Crippen LogP contribution in [0.3, 0.4) is 0 Å². The van der Waals surface area contributed by atoms with Crippen LogP contribution in [0.5, 0.6) is 0 Å². The van der Waals surface area contributed by atoms with Crippen molar-refractivity contribution < 1.29 is 23.4 Å². The molecule has 3 fully saturated rings. The number of alkyl halides is 2. The summed E-state index contributed by atoms with van der Waals surface area (Å²) in [6, 6.07) is 0.735. The van der Waals surface area contributed by atoms with Gasteiger partial charge in [0.05, 0.1) is 0 Å². The Morgan fingerprint density at radius 1 is 1.00 bits per heavy atom. The van der Waals surface area contributed by atoms with Gasteiger partial charge in [-0.2, -0.15) is 0 Å². The highest BCUT2D eigenvalue weighted by atomic mass is 19.3. The number of halogens is 2. The number of ketones is 1. The molecule has 202 valence electrons. The molecule has 34 heavy (non-hydrogen) atoms. The number of piperidine rings is 1. The zero-order chi connectivity index (χ0) is 25.3. The molecule has 1 saturated heterocycles. The maximum atomic E-state index is 12.0. The molecule has 4 nitrogen and oxygen atoms in total. The summed E-state index contributed by atoms with van der Waals surface area (Å²) < 4.78 is 29.1. The monoisotopic (exact) mass is 489 g/mol. The van der Waals surface area contributed by atoms with Crippen LogP contribution in [-0.2, 0) is 9.53 Å². The van der Waals surface area contributed by atoms with E-state index < -0.39 is 13.0 Å². The van der Waals surface area contributed by atoms with E-state index >= 15 is 0 Å². The summed E-state index contributed by atoms with van der Waals surface area (Å²) in [6.45, 7) is 10.7. The van der Waals surface area contributed by atoms with Gasteiger partial charge in [-0.25, -0.2) is 8.78 Å². The number of ether oxygens (including phenoxy) is 1. The average Bonchev–Trinajstić information content (AvgIpc) is 2.85. The van der Waals surface area contributed by atoms with Crippen molar-refractivity contribution in [3.63, 3.8) is 0 Å². The lowest BCUT2D eigenvalue weighted by Gasteiger charge is -2.40. The normalized spacial score (nSPS) is 25.6. The van der Waals surface area contributed by atoms with Crippen molar-refractivity contribution >= 4 is 5.78 Å². The van der Waals surface area contributed by atoms with Crippen molar-refractivity contribution in [3.05, 3.63) is 0 Å². The lowest BCUT2D eigenvalue weighted by molar-refractivity contribution is -0.119. The third-order valence-electron chi connectivity index (χ3n) is 8.07. The lowest BCUT2D eigenvalue weighted by atomic mass is 9.80. The molecule has 0 aromatic carbocycles. The van der Waals surface area contributed by atoms with Gasteiger partial charge >= 0.3 is 0 Å². The summed E-state index contributed by atoms with van der Waals surface area (Å²) in [5, 5.41) is 7.79. The van der Waals surface area contributed by atoms with E-state index in [-0.39, 0.29) is 12.4 Å². The van der Waals surface area contributed by atoms with Gasteiger partial charge in [0, 0.05) is 12.6 Å². The molecule has 1 atom stereocenters. The minimum absolute atomic E-state index is 0.190. The standard InChI is InChI=1S/C15H27F2NO.C10H20.C3H6O2/c1-12-6-8-18(9-7-12)14-4-2-13(3-5-14)10-19-11-15(16)17;1-3-9(2)10-7-5-4-6-8-10;1-3(5)2-4/h12-15H,2-11H2,1H3;9-10H,3-8H2,1-2H3;4H,2H2,1H3. The smallest absolute Gasteiger partial charge is 0.261 e. The number of aliphatic hydroxyl groups excluding tert-OH is 1. The number of hydrogen-bond donors (Lipinski definition) is 1. The molecule has 3 rings (SSSR count). The minimum Gasteiger partial charge on any atom is -0.389 e. The number of hydrogen-bond acceptors (Lipinski definition) is 4. The van der Waals surface area contributed by atoms with E-state index in [4.69, 9.17) is 9.84 Å². The van der Waals surface area contributed by atoms with Crippen LogP contribution in [0.4, 0.5) is 8.78 Å². The number of aliphatic hydroxyl groups is 1. The summed E-state index contributed by atoms with van der Waals surface area (Å²) in [4.78, 5) is 12.2. The summed E-state index contributed by atoms with van der Waals surface area (Å²) >= 11 is 0. The highest BCUT2D eigenvalue weighted by Gasteiger charge is 2.28. The molecule has 6 heteroatoms. The number of carbonyl (C=O) groups is 1. The summed E-state index contributed by atoms with van der Waals surface area (Å²) in [6.07, 6.45) is 13.9. The van der Waals surface area contributed by atoms with Gasteiger partial charge in [-0.3, -0.25) is 4.79 Å². The van der Waals surface area contributed by atoms with E-state index in [1.54, 1.807) is 0 Å². The van der Waals surface area contributed by atoms with Gasteiger partial charge in [0.1, 0.15) is 13.2 Å². The number of carbonyl (C=O) groups excluding carboxylic acids is 1. The summed E-state index contributed by atoms with van der Waals surface area (Å²) in [7, 11) is 0. The molecule has 2 saturated carbocycles. The van der Waals surface area contributed by atoms with Gasteiger partial charge in [0.2, 0.25) is 0 Å². The maximum Gasteiger partial charge on any atom is 0.261 e. The van der Waals surface area contributed by atoms with Crippen molar-refractivity contribution in [2.24, 2.45) is 23.7 Å². The van der Waals surface area contributed by atoms with Crippen LogP contribution in [0.25, 0.3) is 0 Å². The van der Waals surface area contributed by atoms with Crippen molar-refractivity contribution in [3.8, 4) is 0 Å². The lowest BCUT2D eigenvalue weighted by Crippen LogP contribution is -2.43. The molecule has 0 radical (unpaired) electrons. The van der Waals surface area contributed by atoms with Gasteiger partial charge < -0.3 is 14.7 Å². The maximum absolute atomic E-state index is 12.0. The third kappa shape index (κ3) is 14.1. The zero-order valence-corrected chi connectivity index (χ0v) is 22.5. The number of likely N-dealkylation sites (tertiary alicyclic amines) is 1. The summed E-state index contributed by atoms with van der Waals surface area (Å²) in [5.41, 5.74) is 0. The van der Waals surface area contributed by atoms with Crippen LogP contribution in [0, 0.1) is 23.7 Å². The molecule has 0 aromatic rings. The van der Waals surface area contributed by atoms with Crippen LogP contribution in [0.15, 0.2) is 0 Å². The van der Waals surface area contributed by atoms with Crippen molar-refractivity contribution in [1.29, 1.82) is 0 Å². The fraction of sp³-hybridized carbons (Fsp3) is 0.964. The first-order valence-electron chi connectivity index (χ1n) is 14.0. The molecule has 0 bridgehead atoms. The Morgan fingerprint density at radius 3 is 2.03 bits per heavy atom. The Labute approximate surface area is 208 Å². The molecule has 1 heterocycles. The van der Waals surface area contributed by atoms with E-state index in [9.17, 15) is 13.6 Å². The van der Waals surface area contributed by atoms with E-state index in [0.29, 0.717) is 12.5 Å². The highest BCUT2D eigenvalue weighted by Crippen LogP contribution is 2.31. The molecule has 1 N–H and O–H groups in total. The van der Waals surface area contributed by atoms with Crippen molar-refractivity contribution in [2.45, 2.75) is 117 Å². The second-order valence-electron chi connectivity index (χ2n) is 11.0. The zero-order valence-electron chi connectivity index (χ0n) is 22.5. The van der Waals surface area contributed by atoms with Crippen LogP contribution < -0.4 is 0 Å². The van der Waals surface area contributed by atoms with Gasteiger partial charge in [-0.15, -0.1) is 0 Å². The molecular weight excluding hydrogens is 436 g/mol. The van der Waals surface area contributed by atoms with Crippen LogP contribution >= 0.6 is 0 Å². The molecule has 1 unspecified atom stereocenters. The highest BCUT2D eigenvalue weighted by molar-refractivity contribution is 5.76. The first-order chi connectivity index (χ1) is 16.3. The summed E-state index contributed by atoms with van der Waals surface area (Å²) in [5.74, 6) is 3.25. The molecule has 1 aliphatic heterocycles. The molecular formula is C28H53F2NO3. The number of Topliss-reactive ketones (excluding diaryl/α,β-unsaturated/α-hetero) is 1. The fourth-order valence-electron chi connectivity index (χ4n) is 5.43. The Balaban J connectivity index is 0.000000321. The van der Waals surface area contributed by atoms with Crippen LogP contribution in [0.2, 0.25) is 0 Å². The van der Waals surface area contributed by atoms with E-state index in [2.05, 4.69) is 25.7 Å². The Morgan fingerprint density at radius 2 is 1.56 bits per heavy atom. The third-order valence-corrected chi connectivity index (χ3v) is 8.07. The van der Waals surface area contributed by atoms with Crippen LogP contribution in [-0.4, -0.2) is 61.2 Å². The Bertz CT molecular complexity index is 498. The molecule has 2 aliphatic carbocycles. The first-order valence-corrected chi connectivity index (χ1v) is 14.0.